The topological polar surface area (TPSA) is 86.8 Å². The van der Waals surface area contributed by atoms with Gasteiger partial charge < -0.3 is 10.2 Å². The first-order chi connectivity index (χ1) is 21.4. The number of nitrogens with zero attached hydrogens (tertiary/aromatic N) is 2. The highest BCUT2D eigenvalue weighted by Gasteiger charge is 2.51. The highest BCUT2D eigenvalue weighted by molar-refractivity contribution is 7.92. The van der Waals surface area contributed by atoms with Gasteiger partial charge in [0.25, 0.3) is 0 Å². The number of amides is 2. The molecule has 5 fully saturated rings. The Balaban J connectivity index is 1.23. The van der Waals surface area contributed by atoms with Gasteiger partial charge in [0, 0.05) is 12.6 Å². The second kappa shape index (κ2) is 13.1. The fourth-order valence-corrected chi connectivity index (χ4v) is 10.2. The number of sulfonamides is 1. The van der Waals surface area contributed by atoms with Gasteiger partial charge in [-0.2, -0.15) is 0 Å². The van der Waals surface area contributed by atoms with Gasteiger partial charge in [0.2, 0.25) is 21.8 Å². The van der Waals surface area contributed by atoms with Gasteiger partial charge in [-0.25, -0.2) is 8.42 Å². The van der Waals surface area contributed by atoms with E-state index in [9.17, 15) is 18.0 Å². The lowest BCUT2D eigenvalue weighted by Gasteiger charge is -2.57. The van der Waals surface area contributed by atoms with Gasteiger partial charge in [0.05, 0.1) is 22.0 Å². The summed E-state index contributed by atoms with van der Waals surface area (Å²) in [5.41, 5.74) is 2.63. The number of benzene rings is 2. The number of rotatable bonds is 10. The van der Waals surface area contributed by atoms with Crippen LogP contribution in [0.15, 0.2) is 42.5 Å². The van der Waals surface area contributed by atoms with Gasteiger partial charge >= 0.3 is 0 Å². The Bertz CT molecular complexity index is 1490. The SMILES string of the molecule is C[C@H](C(=O)NC1CCCCC1)N(Cc1ccc(Cl)c(Cl)c1)C(=O)CN(c1ccc(C23CC4CC(CC(C4)C2)C3)cc1)S(C)(=O)=O. The molecule has 1 atom stereocenters. The maximum atomic E-state index is 14.0. The number of carbonyl (C=O) groups is 2. The Morgan fingerprint density at radius 3 is 2.07 bits per heavy atom. The largest absolute Gasteiger partial charge is 0.352 e. The standard InChI is InChI=1S/C35H45Cl2N3O4S/c1-23(34(42)38-29-6-4-3-5-7-29)39(21-24-8-13-31(36)32(37)17-24)33(41)22-40(45(2,43)44)30-11-9-28(10-12-30)35-18-25-14-26(19-35)16-27(15-25)20-35/h8-13,17,23,25-27,29H,3-7,14-16,18-22H2,1-2H3,(H,38,42)/t23-,25?,26?,27?,35?/m1/s1. The molecule has 0 spiro atoms. The predicted octanol–water partition coefficient (Wildman–Crippen LogP) is 7.09. The molecule has 0 unspecified atom stereocenters. The predicted molar refractivity (Wildman–Crippen MR) is 180 cm³/mol. The second-order valence-corrected chi connectivity index (χ2v) is 17.0. The highest BCUT2D eigenvalue weighted by atomic mass is 35.5. The van der Waals surface area contributed by atoms with E-state index in [1.165, 1.54) is 49.0 Å². The van der Waals surface area contributed by atoms with E-state index in [0.29, 0.717) is 21.3 Å². The summed E-state index contributed by atoms with van der Waals surface area (Å²) in [7, 11) is -3.81. The Kier molecular flexibility index (Phi) is 9.48. The molecule has 0 heterocycles. The average molecular weight is 675 g/mol. The van der Waals surface area contributed by atoms with Crippen molar-refractivity contribution in [1.82, 2.24) is 10.2 Å². The first kappa shape index (κ1) is 32.6. The normalized spacial score (nSPS) is 26.8. The van der Waals surface area contributed by atoms with Crippen molar-refractivity contribution in [1.29, 1.82) is 0 Å². The fourth-order valence-electron chi connectivity index (χ4n) is 9.05. The molecule has 10 heteroatoms. The van der Waals surface area contributed by atoms with E-state index in [4.69, 9.17) is 23.2 Å². The smallest absolute Gasteiger partial charge is 0.244 e. The Labute approximate surface area is 278 Å². The lowest BCUT2D eigenvalue weighted by molar-refractivity contribution is -0.139. The molecule has 0 aromatic heterocycles. The van der Waals surface area contributed by atoms with E-state index in [1.54, 1.807) is 25.1 Å². The second-order valence-electron chi connectivity index (χ2n) is 14.3. The minimum Gasteiger partial charge on any atom is -0.352 e. The summed E-state index contributed by atoms with van der Waals surface area (Å²) in [5, 5.41) is 3.86. The zero-order valence-corrected chi connectivity index (χ0v) is 28.6. The molecule has 2 aromatic carbocycles. The molecule has 45 heavy (non-hydrogen) atoms. The third-order valence-corrected chi connectivity index (χ3v) is 12.8. The van der Waals surface area contributed by atoms with Crippen LogP contribution < -0.4 is 9.62 Å². The first-order valence-corrected chi connectivity index (χ1v) is 19.1. The lowest BCUT2D eigenvalue weighted by atomic mass is 9.48. The molecular weight excluding hydrogens is 629 g/mol. The molecule has 0 aliphatic heterocycles. The van der Waals surface area contributed by atoms with Crippen LogP contribution in [0.5, 0.6) is 0 Å². The molecular formula is C35H45Cl2N3O4S. The molecule has 5 saturated carbocycles. The summed E-state index contributed by atoms with van der Waals surface area (Å²) in [6.45, 7) is 1.36. The van der Waals surface area contributed by atoms with Crippen LogP contribution in [0, 0.1) is 17.8 Å². The number of hydrogen-bond donors (Lipinski definition) is 1. The van der Waals surface area contributed by atoms with E-state index in [0.717, 1.165) is 60.4 Å². The molecule has 5 aliphatic carbocycles. The number of anilines is 1. The van der Waals surface area contributed by atoms with Crippen LogP contribution in [-0.4, -0.2) is 50.0 Å². The molecule has 7 rings (SSSR count). The molecule has 2 aromatic rings. The monoisotopic (exact) mass is 673 g/mol. The van der Waals surface area contributed by atoms with Crippen molar-refractivity contribution in [3.63, 3.8) is 0 Å². The van der Waals surface area contributed by atoms with Gasteiger partial charge in [-0.3, -0.25) is 13.9 Å². The molecule has 1 N–H and O–H groups in total. The van der Waals surface area contributed by atoms with E-state index in [1.807, 2.05) is 12.1 Å². The zero-order chi connectivity index (χ0) is 31.9. The average Bonchev–Trinajstić information content (AvgIpc) is 2.99. The summed E-state index contributed by atoms with van der Waals surface area (Å²) in [6.07, 6.45) is 14.0. The zero-order valence-electron chi connectivity index (χ0n) is 26.3. The van der Waals surface area contributed by atoms with Crippen LogP contribution in [-0.2, 0) is 31.6 Å². The molecule has 7 nitrogen and oxygen atoms in total. The maximum absolute atomic E-state index is 14.0. The van der Waals surface area contributed by atoms with Crippen LogP contribution in [0.3, 0.4) is 0 Å². The summed E-state index contributed by atoms with van der Waals surface area (Å²) in [5.74, 6) is 1.70. The van der Waals surface area contributed by atoms with Crippen molar-refractivity contribution in [3.8, 4) is 0 Å². The van der Waals surface area contributed by atoms with E-state index >= 15 is 0 Å². The molecule has 4 bridgehead atoms. The summed E-state index contributed by atoms with van der Waals surface area (Å²) < 4.78 is 27.5. The molecule has 5 aliphatic rings. The van der Waals surface area contributed by atoms with Crippen LogP contribution in [0.4, 0.5) is 5.69 Å². The maximum Gasteiger partial charge on any atom is 0.244 e. The summed E-state index contributed by atoms with van der Waals surface area (Å²) in [6, 6.07) is 12.2. The van der Waals surface area contributed by atoms with Crippen molar-refractivity contribution >= 4 is 50.7 Å². The number of halogens is 2. The summed E-state index contributed by atoms with van der Waals surface area (Å²) >= 11 is 12.4. The fraction of sp³-hybridized carbons (Fsp3) is 0.600. The van der Waals surface area contributed by atoms with Gasteiger partial charge in [-0.1, -0.05) is 60.7 Å². The number of hydrogen-bond acceptors (Lipinski definition) is 4. The molecule has 2 amide bonds. The van der Waals surface area contributed by atoms with Gasteiger partial charge in [0.15, 0.2) is 0 Å². The van der Waals surface area contributed by atoms with Crippen LogP contribution in [0.25, 0.3) is 0 Å². The van der Waals surface area contributed by atoms with Crippen LogP contribution in [0.2, 0.25) is 10.0 Å². The third kappa shape index (κ3) is 7.18. The Hall–Kier alpha value is -2.29. The van der Waals surface area contributed by atoms with Crippen molar-refractivity contribution < 1.29 is 18.0 Å². The van der Waals surface area contributed by atoms with Crippen LogP contribution in [0.1, 0.15) is 88.7 Å². The molecule has 0 saturated heterocycles. The van der Waals surface area contributed by atoms with Crippen molar-refractivity contribution in [2.24, 2.45) is 17.8 Å². The minimum absolute atomic E-state index is 0.0793. The Morgan fingerprint density at radius 2 is 1.51 bits per heavy atom. The quantitative estimate of drug-likeness (QED) is 0.292. The van der Waals surface area contributed by atoms with E-state index in [2.05, 4.69) is 17.4 Å². The van der Waals surface area contributed by atoms with Gasteiger partial charge in [0.1, 0.15) is 12.6 Å². The van der Waals surface area contributed by atoms with Gasteiger partial charge in [-0.05, 0) is 117 Å². The highest BCUT2D eigenvalue weighted by Crippen LogP contribution is 2.60. The number of nitrogens with one attached hydrogen (secondary N) is 1. The van der Waals surface area contributed by atoms with Gasteiger partial charge in [-0.15, -0.1) is 0 Å². The van der Waals surface area contributed by atoms with Crippen LogP contribution >= 0.6 is 23.2 Å². The lowest BCUT2D eigenvalue weighted by Crippen LogP contribution is -2.53. The number of carbonyl (C=O) groups excluding carboxylic acids is 2. The van der Waals surface area contributed by atoms with Crippen molar-refractivity contribution in [2.45, 2.75) is 102 Å². The summed E-state index contributed by atoms with van der Waals surface area (Å²) in [4.78, 5) is 28.9. The minimum atomic E-state index is -3.81. The van der Waals surface area contributed by atoms with Crippen molar-refractivity contribution in [3.05, 3.63) is 63.6 Å². The third-order valence-electron chi connectivity index (χ3n) is 10.9. The van der Waals surface area contributed by atoms with Crippen molar-refractivity contribution in [2.75, 3.05) is 17.1 Å². The first-order valence-electron chi connectivity index (χ1n) is 16.5. The molecule has 0 radical (unpaired) electrons. The molecule has 244 valence electrons. The Morgan fingerprint density at radius 1 is 0.911 bits per heavy atom. The van der Waals surface area contributed by atoms with E-state index < -0.39 is 28.5 Å². The van der Waals surface area contributed by atoms with E-state index in [-0.39, 0.29) is 23.9 Å².